The summed E-state index contributed by atoms with van der Waals surface area (Å²) in [7, 11) is 0. The molecule has 1 aromatic carbocycles. The Morgan fingerprint density at radius 2 is 1.94 bits per heavy atom. The normalized spacial score (nSPS) is 15.7. The molecule has 0 unspecified atom stereocenters. The molecule has 7 nitrogen and oxygen atoms in total. The van der Waals surface area contributed by atoms with Gasteiger partial charge in [-0.3, -0.25) is 4.90 Å². The van der Waals surface area contributed by atoms with E-state index >= 15 is 0 Å². The van der Waals surface area contributed by atoms with E-state index < -0.39 is 0 Å². The first-order valence-electron chi connectivity index (χ1n) is 12.6. The van der Waals surface area contributed by atoms with E-state index in [1.54, 1.807) is 6.33 Å². The summed E-state index contributed by atoms with van der Waals surface area (Å²) < 4.78 is 7.10. The second kappa shape index (κ2) is 8.64. The highest BCUT2D eigenvalue weighted by molar-refractivity contribution is 5.92. The summed E-state index contributed by atoms with van der Waals surface area (Å²) >= 11 is 0. The van der Waals surface area contributed by atoms with Crippen molar-refractivity contribution in [2.45, 2.75) is 58.9 Å². The first-order chi connectivity index (χ1) is 17.0. The molecule has 5 aromatic rings. The predicted octanol–water partition coefficient (Wildman–Crippen LogP) is 5.99. The molecule has 1 N–H and O–H groups in total. The van der Waals surface area contributed by atoms with Crippen LogP contribution in [0.4, 0.5) is 0 Å². The largest absolute Gasteiger partial charge is 0.361 e. The monoisotopic (exact) mass is 468 g/mol. The second-order valence-electron chi connectivity index (χ2n) is 10.3. The SMILES string of the molecule is Cc1cc(CN2CCC(c3ccc4[nH]c(-c5cn6ncnc6cc5C)c(C(C)C)c4c3)CC2)no1. The van der Waals surface area contributed by atoms with Gasteiger partial charge >= 0.3 is 0 Å². The number of nitrogens with one attached hydrogen (secondary N) is 1. The van der Waals surface area contributed by atoms with Gasteiger partial charge in [0.15, 0.2) is 5.65 Å². The van der Waals surface area contributed by atoms with Crippen LogP contribution in [0.15, 0.2) is 47.4 Å². The zero-order chi connectivity index (χ0) is 24.1. The quantitative estimate of drug-likeness (QED) is 0.343. The minimum atomic E-state index is 0.396. The average molecular weight is 469 g/mol. The third-order valence-electron chi connectivity index (χ3n) is 7.45. The number of nitrogens with zero attached hydrogens (tertiary/aromatic N) is 5. The summed E-state index contributed by atoms with van der Waals surface area (Å²) in [5, 5.41) is 9.87. The Balaban J connectivity index is 1.30. The molecule has 180 valence electrons. The number of aryl methyl sites for hydroxylation is 2. The third kappa shape index (κ3) is 4.04. The van der Waals surface area contributed by atoms with E-state index in [1.807, 2.05) is 17.5 Å². The molecule has 0 aliphatic carbocycles. The molecule has 0 bridgehead atoms. The number of piperidine rings is 1. The Labute approximate surface area is 205 Å². The van der Waals surface area contributed by atoms with Gasteiger partial charge in [0.2, 0.25) is 0 Å². The number of rotatable bonds is 5. The fourth-order valence-electron chi connectivity index (χ4n) is 5.66. The van der Waals surface area contributed by atoms with Gasteiger partial charge in [-0.25, -0.2) is 9.50 Å². The van der Waals surface area contributed by atoms with Crippen LogP contribution in [-0.2, 0) is 6.54 Å². The van der Waals surface area contributed by atoms with Gasteiger partial charge in [0.25, 0.3) is 0 Å². The Hall–Kier alpha value is -3.45. The smallest absolute Gasteiger partial charge is 0.155 e. The fraction of sp³-hybridized carbons (Fsp3) is 0.393. The summed E-state index contributed by atoms with van der Waals surface area (Å²) in [6, 6.07) is 11.2. The summed E-state index contributed by atoms with van der Waals surface area (Å²) in [6.07, 6.45) is 6.04. The topological polar surface area (TPSA) is 75.2 Å². The van der Waals surface area contributed by atoms with Crippen LogP contribution < -0.4 is 0 Å². The van der Waals surface area contributed by atoms with E-state index in [0.29, 0.717) is 11.8 Å². The maximum atomic E-state index is 5.24. The third-order valence-corrected chi connectivity index (χ3v) is 7.45. The molecule has 0 radical (unpaired) electrons. The Morgan fingerprint density at radius 1 is 1.11 bits per heavy atom. The molecule has 1 aliphatic rings. The van der Waals surface area contributed by atoms with Gasteiger partial charge in [0.05, 0.1) is 11.4 Å². The van der Waals surface area contributed by atoms with E-state index in [2.05, 4.69) is 76.4 Å². The maximum absolute atomic E-state index is 5.24. The van der Waals surface area contributed by atoms with Gasteiger partial charge in [-0.2, -0.15) is 5.10 Å². The van der Waals surface area contributed by atoms with Gasteiger partial charge in [-0.05, 0) is 86.5 Å². The van der Waals surface area contributed by atoms with Gasteiger partial charge < -0.3 is 9.51 Å². The summed E-state index contributed by atoms with van der Waals surface area (Å²) in [4.78, 5) is 10.6. The first-order valence-corrected chi connectivity index (χ1v) is 12.6. The maximum Gasteiger partial charge on any atom is 0.155 e. The number of H-pyrrole nitrogens is 1. The molecule has 1 saturated heterocycles. The number of fused-ring (bicyclic) bond motifs is 2. The van der Waals surface area contributed by atoms with Crippen LogP contribution in [0.25, 0.3) is 27.8 Å². The van der Waals surface area contributed by atoms with Crippen molar-refractivity contribution in [1.82, 2.24) is 29.6 Å². The van der Waals surface area contributed by atoms with E-state index in [0.717, 1.165) is 36.7 Å². The summed E-state index contributed by atoms with van der Waals surface area (Å²) in [5.74, 6) is 1.86. The van der Waals surface area contributed by atoms with Crippen LogP contribution in [0, 0.1) is 13.8 Å². The summed E-state index contributed by atoms with van der Waals surface area (Å²) in [6.45, 7) is 11.7. The lowest BCUT2D eigenvalue weighted by Gasteiger charge is -2.31. The minimum absolute atomic E-state index is 0.396. The van der Waals surface area contributed by atoms with Gasteiger partial charge in [-0.15, -0.1) is 0 Å². The molecule has 0 saturated carbocycles. The molecule has 1 fully saturated rings. The molecule has 0 spiro atoms. The highest BCUT2D eigenvalue weighted by Crippen LogP contribution is 2.39. The van der Waals surface area contributed by atoms with E-state index in [9.17, 15) is 0 Å². The predicted molar refractivity (Wildman–Crippen MR) is 138 cm³/mol. The molecule has 7 heteroatoms. The van der Waals surface area contributed by atoms with E-state index in [1.165, 1.54) is 51.7 Å². The van der Waals surface area contributed by atoms with Crippen LogP contribution in [-0.4, -0.2) is 42.7 Å². The Morgan fingerprint density at radius 3 is 2.69 bits per heavy atom. The highest BCUT2D eigenvalue weighted by atomic mass is 16.5. The van der Waals surface area contributed by atoms with Crippen molar-refractivity contribution in [3.05, 3.63) is 71.0 Å². The molecular weight excluding hydrogens is 436 g/mol. The molecule has 0 atom stereocenters. The number of hydrogen-bond acceptors (Lipinski definition) is 5. The van der Waals surface area contributed by atoms with Gasteiger partial charge in [-0.1, -0.05) is 25.1 Å². The number of likely N-dealkylation sites (tertiary alicyclic amines) is 1. The van der Waals surface area contributed by atoms with Crippen molar-refractivity contribution >= 4 is 16.6 Å². The second-order valence-corrected chi connectivity index (χ2v) is 10.3. The van der Waals surface area contributed by atoms with Gasteiger partial charge in [0.1, 0.15) is 12.1 Å². The zero-order valence-electron chi connectivity index (χ0n) is 20.9. The summed E-state index contributed by atoms with van der Waals surface area (Å²) in [5.41, 5.74) is 9.51. The lowest BCUT2D eigenvalue weighted by Crippen LogP contribution is -2.32. The average Bonchev–Trinajstić information content (AvgIpc) is 3.56. The van der Waals surface area contributed by atoms with Crippen LogP contribution in [0.1, 0.15) is 66.7 Å². The lowest BCUT2D eigenvalue weighted by molar-refractivity contribution is 0.199. The van der Waals surface area contributed by atoms with Crippen molar-refractivity contribution in [3.8, 4) is 11.3 Å². The van der Waals surface area contributed by atoms with Crippen molar-refractivity contribution in [1.29, 1.82) is 0 Å². The lowest BCUT2D eigenvalue weighted by atomic mass is 9.87. The molecule has 6 rings (SSSR count). The zero-order valence-corrected chi connectivity index (χ0v) is 20.9. The molecule has 35 heavy (non-hydrogen) atoms. The highest BCUT2D eigenvalue weighted by Gasteiger charge is 2.24. The van der Waals surface area contributed by atoms with E-state index in [-0.39, 0.29) is 0 Å². The van der Waals surface area contributed by atoms with Crippen molar-refractivity contribution in [2.75, 3.05) is 13.1 Å². The minimum Gasteiger partial charge on any atom is -0.361 e. The number of aromatic nitrogens is 5. The number of pyridine rings is 1. The molecule has 1 aliphatic heterocycles. The molecular formula is C28H32N6O. The number of hydrogen-bond donors (Lipinski definition) is 1. The standard InChI is InChI=1S/C28H32N6O/c1-17(2)27-23-13-21(20-7-9-33(10-8-20)14-22-12-19(4)35-32-22)5-6-25(23)31-28(27)24-15-34-26(11-18(24)3)29-16-30-34/h5-6,11-13,15-17,20,31H,7-10,14H2,1-4H3. The molecule has 5 heterocycles. The van der Waals surface area contributed by atoms with Crippen molar-refractivity contribution < 1.29 is 4.52 Å². The van der Waals surface area contributed by atoms with Crippen LogP contribution in [0.2, 0.25) is 0 Å². The van der Waals surface area contributed by atoms with Crippen LogP contribution >= 0.6 is 0 Å². The van der Waals surface area contributed by atoms with Gasteiger partial charge in [0, 0.05) is 35.3 Å². The van der Waals surface area contributed by atoms with Crippen LogP contribution in [0.3, 0.4) is 0 Å². The van der Waals surface area contributed by atoms with Crippen LogP contribution in [0.5, 0.6) is 0 Å². The Kier molecular flexibility index (Phi) is 5.44. The molecule has 0 amide bonds. The van der Waals surface area contributed by atoms with Crippen molar-refractivity contribution in [2.24, 2.45) is 0 Å². The van der Waals surface area contributed by atoms with E-state index in [4.69, 9.17) is 4.52 Å². The Bertz CT molecular complexity index is 1500. The number of benzene rings is 1. The molecule has 4 aromatic heterocycles. The number of aromatic amines is 1. The first kappa shape index (κ1) is 22.0. The van der Waals surface area contributed by atoms with Crippen molar-refractivity contribution in [3.63, 3.8) is 0 Å². The fourth-order valence-corrected chi connectivity index (χ4v) is 5.66.